The molecule has 21 heavy (non-hydrogen) atoms. The van der Waals surface area contributed by atoms with Gasteiger partial charge in [-0.15, -0.1) is 0 Å². The molecule has 0 aliphatic rings. The van der Waals surface area contributed by atoms with Gasteiger partial charge < -0.3 is 10.5 Å². The van der Waals surface area contributed by atoms with E-state index in [0.29, 0.717) is 6.42 Å². The highest BCUT2D eigenvalue weighted by Gasteiger charge is 2.11. The molecule has 0 heterocycles. The van der Waals surface area contributed by atoms with Crippen molar-refractivity contribution in [3.63, 3.8) is 0 Å². The Morgan fingerprint density at radius 1 is 1.19 bits per heavy atom. The first-order valence-electron chi connectivity index (χ1n) is 6.99. The fraction of sp³-hybridized carbons (Fsp3) is 0.294. The smallest absolute Gasteiger partial charge is 0.132 e. The predicted octanol–water partition coefficient (Wildman–Crippen LogP) is 4.27. The Labute approximate surface area is 129 Å². The summed E-state index contributed by atoms with van der Waals surface area (Å²) in [4.78, 5) is 2.03. The maximum atomic E-state index is 13.5. The van der Waals surface area contributed by atoms with Crippen LogP contribution in [0.4, 0.5) is 4.39 Å². The third kappa shape index (κ3) is 4.22. The van der Waals surface area contributed by atoms with Crippen molar-refractivity contribution in [1.29, 1.82) is 0 Å². The molecule has 0 spiro atoms. The lowest BCUT2D eigenvalue weighted by Gasteiger charge is -2.14. The topological polar surface area (TPSA) is 35.2 Å². The standard InChI is InChI=1S/C17H20FNOS/c1-3-14(19)11-12-10-13(18)8-9-16(12)21-17-7-5-4-6-15(17)20-2/h4-10,14H,3,11,19H2,1-2H3. The van der Waals surface area contributed by atoms with Crippen LogP contribution in [0.2, 0.25) is 0 Å². The first-order chi connectivity index (χ1) is 10.1. The molecule has 0 saturated heterocycles. The molecule has 1 atom stereocenters. The molecule has 0 aliphatic heterocycles. The zero-order chi connectivity index (χ0) is 15.2. The van der Waals surface area contributed by atoms with Crippen LogP contribution in [0.3, 0.4) is 0 Å². The Morgan fingerprint density at radius 2 is 1.95 bits per heavy atom. The highest BCUT2D eigenvalue weighted by atomic mass is 32.2. The number of halogens is 1. The van der Waals surface area contributed by atoms with Gasteiger partial charge in [0, 0.05) is 10.9 Å². The summed E-state index contributed by atoms with van der Waals surface area (Å²) in [6.07, 6.45) is 1.54. The quantitative estimate of drug-likeness (QED) is 0.866. The van der Waals surface area contributed by atoms with E-state index in [0.717, 1.165) is 27.5 Å². The third-order valence-electron chi connectivity index (χ3n) is 3.32. The fourth-order valence-corrected chi connectivity index (χ4v) is 3.10. The van der Waals surface area contributed by atoms with Gasteiger partial charge in [-0.05, 0) is 48.7 Å². The van der Waals surface area contributed by atoms with Crippen molar-refractivity contribution in [1.82, 2.24) is 0 Å². The van der Waals surface area contributed by atoms with Gasteiger partial charge in [-0.2, -0.15) is 0 Å². The third-order valence-corrected chi connectivity index (χ3v) is 4.49. The largest absolute Gasteiger partial charge is 0.496 e. The van der Waals surface area contributed by atoms with Gasteiger partial charge in [-0.25, -0.2) is 4.39 Å². The lowest BCUT2D eigenvalue weighted by molar-refractivity contribution is 0.405. The van der Waals surface area contributed by atoms with Gasteiger partial charge in [0.1, 0.15) is 11.6 Å². The zero-order valence-corrected chi connectivity index (χ0v) is 13.1. The van der Waals surface area contributed by atoms with Gasteiger partial charge in [-0.3, -0.25) is 0 Å². The summed E-state index contributed by atoms with van der Waals surface area (Å²) in [6, 6.07) is 12.7. The Balaban J connectivity index is 2.30. The van der Waals surface area contributed by atoms with E-state index in [1.807, 2.05) is 37.3 Å². The second-order valence-corrected chi connectivity index (χ2v) is 5.96. The van der Waals surface area contributed by atoms with Crippen LogP contribution in [0.5, 0.6) is 5.75 Å². The van der Waals surface area contributed by atoms with Crippen LogP contribution >= 0.6 is 11.8 Å². The minimum absolute atomic E-state index is 0.0452. The average molecular weight is 305 g/mol. The number of para-hydroxylation sites is 1. The normalized spacial score (nSPS) is 12.2. The molecule has 2 N–H and O–H groups in total. The van der Waals surface area contributed by atoms with Crippen LogP contribution in [0.25, 0.3) is 0 Å². The van der Waals surface area contributed by atoms with E-state index < -0.39 is 0 Å². The van der Waals surface area contributed by atoms with Gasteiger partial charge in [0.15, 0.2) is 0 Å². The summed E-state index contributed by atoms with van der Waals surface area (Å²) >= 11 is 1.58. The van der Waals surface area contributed by atoms with E-state index in [9.17, 15) is 4.39 Å². The number of ether oxygens (including phenoxy) is 1. The second-order valence-electron chi connectivity index (χ2n) is 4.88. The van der Waals surface area contributed by atoms with Gasteiger partial charge in [0.05, 0.1) is 12.0 Å². The highest BCUT2D eigenvalue weighted by molar-refractivity contribution is 7.99. The summed E-state index contributed by atoms with van der Waals surface area (Å²) in [6.45, 7) is 2.04. The van der Waals surface area contributed by atoms with E-state index in [-0.39, 0.29) is 11.9 Å². The van der Waals surface area contributed by atoms with E-state index in [4.69, 9.17) is 10.5 Å². The summed E-state index contributed by atoms with van der Waals surface area (Å²) in [5.74, 6) is 0.593. The molecule has 2 rings (SSSR count). The zero-order valence-electron chi connectivity index (χ0n) is 12.3. The molecule has 0 amide bonds. The van der Waals surface area contributed by atoms with Crippen molar-refractivity contribution in [2.75, 3.05) is 7.11 Å². The summed E-state index contributed by atoms with van der Waals surface area (Å²) in [5.41, 5.74) is 6.96. The SMILES string of the molecule is CCC(N)Cc1cc(F)ccc1Sc1ccccc1OC. The van der Waals surface area contributed by atoms with Crippen molar-refractivity contribution in [3.8, 4) is 5.75 Å². The molecule has 2 aromatic carbocycles. The summed E-state index contributed by atoms with van der Waals surface area (Å²) in [5, 5.41) is 0. The predicted molar refractivity (Wildman–Crippen MR) is 85.5 cm³/mol. The van der Waals surface area contributed by atoms with Gasteiger partial charge >= 0.3 is 0 Å². The number of hydrogen-bond acceptors (Lipinski definition) is 3. The van der Waals surface area contributed by atoms with Crippen LogP contribution in [0.1, 0.15) is 18.9 Å². The molecule has 0 aliphatic carbocycles. The lowest BCUT2D eigenvalue weighted by atomic mass is 10.0. The van der Waals surface area contributed by atoms with Crippen LogP contribution in [0.15, 0.2) is 52.3 Å². The number of hydrogen-bond donors (Lipinski definition) is 1. The first-order valence-corrected chi connectivity index (χ1v) is 7.80. The van der Waals surface area contributed by atoms with Crippen molar-refractivity contribution in [2.45, 2.75) is 35.6 Å². The molecule has 2 aromatic rings. The molecular formula is C17H20FNOS. The minimum Gasteiger partial charge on any atom is -0.496 e. The molecule has 0 fully saturated rings. The van der Waals surface area contributed by atoms with Gasteiger partial charge in [-0.1, -0.05) is 30.8 Å². The number of methoxy groups -OCH3 is 1. The van der Waals surface area contributed by atoms with Crippen molar-refractivity contribution in [2.24, 2.45) is 5.73 Å². The van der Waals surface area contributed by atoms with E-state index in [1.165, 1.54) is 6.07 Å². The molecule has 0 radical (unpaired) electrons. The van der Waals surface area contributed by atoms with Gasteiger partial charge in [0.25, 0.3) is 0 Å². The Morgan fingerprint density at radius 3 is 2.67 bits per heavy atom. The maximum absolute atomic E-state index is 13.5. The molecule has 0 aromatic heterocycles. The summed E-state index contributed by atoms with van der Waals surface area (Å²) < 4.78 is 18.9. The van der Waals surface area contributed by atoms with Crippen molar-refractivity contribution < 1.29 is 9.13 Å². The highest BCUT2D eigenvalue weighted by Crippen LogP contribution is 2.37. The number of nitrogens with two attached hydrogens (primary N) is 1. The molecule has 0 bridgehead atoms. The monoisotopic (exact) mass is 305 g/mol. The maximum Gasteiger partial charge on any atom is 0.132 e. The molecule has 112 valence electrons. The van der Waals surface area contributed by atoms with Crippen LogP contribution in [-0.4, -0.2) is 13.2 Å². The van der Waals surface area contributed by atoms with Crippen LogP contribution in [0, 0.1) is 5.82 Å². The van der Waals surface area contributed by atoms with E-state index in [1.54, 1.807) is 24.9 Å². The second kappa shape index (κ2) is 7.48. The number of rotatable bonds is 6. The molecule has 0 saturated carbocycles. The van der Waals surface area contributed by atoms with Crippen LogP contribution in [-0.2, 0) is 6.42 Å². The lowest BCUT2D eigenvalue weighted by Crippen LogP contribution is -2.21. The molecule has 4 heteroatoms. The fourth-order valence-electron chi connectivity index (χ4n) is 2.06. The van der Waals surface area contributed by atoms with Crippen molar-refractivity contribution >= 4 is 11.8 Å². The molecular weight excluding hydrogens is 285 g/mol. The number of benzene rings is 2. The minimum atomic E-state index is -0.224. The Bertz CT molecular complexity index is 603. The van der Waals surface area contributed by atoms with Crippen LogP contribution < -0.4 is 10.5 Å². The Kier molecular flexibility index (Phi) is 5.65. The van der Waals surface area contributed by atoms with E-state index >= 15 is 0 Å². The molecule has 2 nitrogen and oxygen atoms in total. The van der Waals surface area contributed by atoms with Crippen molar-refractivity contribution in [3.05, 3.63) is 53.8 Å². The average Bonchev–Trinajstić information content (AvgIpc) is 2.50. The Hall–Kier alpha value is -1.52. The molecule has 1 unspecified atom stereocenters. The first kappa shape index (κ1) is 15.9. The van der Waals surface area contributed by atoms with E-state index in [2.05, 4.69) is 0 Å². The summed E-state index contributed by atoms with van der Waals surface area (Å²) in [7, 11) is 1.65. The van der Waals surface area contributed by atoms with Gasteiger partial charge in [0.2, 0.25) is 0 Å².